The second kappa shape index (κ2) is 3.96. The van der Waals surface area contributed by atoms with E-state index in [1.54, 1.807) is 17.1 Å². The first kappa shape index (κ1) is 11.0. The zero-order chi connectivity index (χ0) is 12.6. The van der Waals surface area contributed by atoms with E-state index in [1.807, 2.05) is 37.3 Å². The zero-order valence-electron chi connectivity index (χ0n) is 9.95. The molecule has 1 atom stereocenters. The van der Waals surface area contributed by atoms with Gasteiger partial charge in [-0.3, -0.25) is 0 Å². The minimum atomic E-state index is -1.46. The van der Waals surface area contributed by atoms with Crippen LogP contribution in [0.15, 0.2) is 52.7 Å². The molecule has 2 heterocycles. The fraction of sp³-hybridized carbons (Fsp3) is 0.231. The second-order valence-electron chi connectivity index (χ2n) is 4.32. The largest absolute Gasteiger partial charge is 0.351 e. The molecule has 0 fully saturated rings. The SMILES string of the molecule is CC1=NN2CC(O)(c3ccccc3)ON=C2C=C1. The molecule has 1 unspecified atom stereocenters. The molecule has 2 aliphatic heterocycles. The first-order chi connectivity index (χ1) is 8.67. The van der Waals surface area contributed by atoms with Gasteiger partial charge >= 0.3 is 0 Å². The Labute approximate surface area is 105 Å². The normalized spacial score (nSPS) is 26.0. The Hall–Kier alpha value is -2.14. The number of hydrogen-bond donors (Lipinski definition) is 1. The van der Waals surface area contributed by atoms with E-state index in [1.165, 1.54) is 0 Å². The number of allylic oxidation sites excluding steroid dienone is 1. The molecule has 0 saturated carbocycles. The smallest absolute Gasteiger partial charge is 0.280 e. The fourth-order valence-corrected chi connectivity index (χ4v) is 1.95. The summed E-state index contributed by atoms with van der Waals surface area (Å²) in [5.41, 5.74) is 1.53. The first-order valence-corrected chi connectivity index (χ1v) is 5.72. The molecule has 1 aromatic carbocycles. The third kappa shape index (κ3) is 1.78. The van der Waals surface area contributed by atoms with Gasteiger partial charge in [-0.15, -0.1) is 0 Å². The number of hydrogen-bond acceptors (Lipinski definition) is 5. The van der Waals surface area contributed by atoms with Gasteiger partial charge < -0.3 is 9.94 Å². The topological polar surface area (TPSA) is 57.4 Å². The van der Waals surface area contributed by atoms with Gasteiger partial charge in [0.05, 0.1) is 5.71 Å². The molecule has 0 spiro atoms. The van der Waals surface area contributed by atoms with Gasteiger partial charge in [-0.1, -0.05) is 35.5 Å². The van der Waals surface area contributed by atoms with Crippen LogP contribution in [0, 0.1) is 0 Å². The standard InChI is InChI=1S/C13H13N3O2/c1-10-7-8-12-15-18-13(17,9-16(12)14-10)11-5-3-2-4-6-11/h2-8,17H,9H2,1H3. The van der Waals surface area contributed by atoms with Gasteiger partial charge in [0.25, 0.3) is 5.79 Å². The van der Waals surface area contributed by atoms with Gasteiger partial charge in [-0.25, -0.2) is 5.01 Å². The molecule has 5 heteroatoms. The number of hydrazone groups is 1. The van der Waals surface area contributed by atoms with Crippen molar-refractivity contribution in [2.45, 2.75) is 12.7 Å². The summed E-state index contributed by atoms with van der Waals surface area (Å²) in [7, 11) is 0. The zero-order valence-corrected chi connectivity index (χ0v) is 9.95. The predicted molar refractivity (Wildman–Crippen MR) is 67.8 cm³/mol. The Bertz CT molecular complexity index is 551. The van der Waals surface area contributed by atoms with Crippen molar-refractivity contribution in [2.24, 2.45) is 10.3 Å². The van der Waals surface area contributed by atoms with Crippen LogP contribution in [0.2, 0.25) is 0 Å². The third-order valence-corrected chi connectivity index (χ3v) is 2.90. The minimum Gasteiger partial charge on any atom is -0.351 e. The van der Waals surface area contributed by atoms with Crippen LogP contribution in [0.1, 0.15) is 12.5 Å². The summed E-state index contributed by atoms with van der Waals surface area (Å²) in [6.45, 7) is 2.11. The lowest BCUT2D eigenvalue weighted by Gasteiger charge is -2.35. The van der Waals surface area contributed by atoms with Crippen LogP contribution in [-0.2, 0) is 10.6 Å². The van der Waals surface area contributed by atoms with E-state index < -0.39 is 5.79 Å². The van der Waals surface area contributed by atoms with Crippen molar-refractivity contribution in [1.29, 1.82) is 0 Å². The average molecular weight is 243 g/mol. The number of fused-ring (bicyclic) bond motifs is 1. The summed E-state index contributed by atoms with van der Waals surface area (Å²) in [6.07, 6.45) is 3.67. The highest BCUT2D eigenvalue weighted by molar-refractivity contribution is 6.05. The van der Waals surface area contributed by atoms with E-state index in [-0.39, 0.29) is 6.54 Å². The Kier molecular flexibility index (Phi) is 2.41. The lowest BCUT2D eigenvalue weighted by molar-refractivity contribution is -0.228. The van der Waals surface area contributed by atoms with E-state index in [4.69, 9.17) is 4.84 Å². The molecule has 0 aliphatic carbocycles. The predicted octanol–water partition coefficient (Wildman–Crippen LogP) is 1.42. The van der Waals surface area contributed by atoms with Gasteiger partial charge in [0, 0.05) is 5.56 Å². The van der Waals surface area contributed by atoms with Crippen molar-refractivity contribution in [1.82, 2.24) is 5.01 Å². The first-order valence-electron chi connectivity index (χ1n) is 5.72. The summed E-state index contributed by atoms with van der Waals surface area (Å²) in [6, 6.07) is 9.19. The van der Waals surface area contributed by atoms with Crippen molar-refractivity contribution in [3.63, 3.8) is 0 Å². The Morgan fingerprint density at radius 1 is 1.28 bits per heavy atom. The van der Waals surface area contributed by atoms with Crippen molar-refractivity contribution in [3.05, 3.63) is 48.0 Å². The van der Waals surface area contributed by atoms with Crippen molar-refractivity contribution in [2.75, 3.05) is 6.54 Å². The third-order valence-electron chi connectivity index (χ3n) is 2.90. The molecule has 0 saturated heterocycles. The summed E-state index contributed by atoms with van der Waals surface area (Å²) < 4.78 is 0. The fourth-order valence-electron chi connectivity index (χ4n) is 1.95. The van der Waals surface area contributed by atoms with E-state index in [0.717, 1.165) is 5.71 Å². The number of nitrogens with zero attached hydrogens (tertiary/aromatic N) is 3. The van der Waals surface area contributed by atoms with E-state index in [0.29, 0.717) is 11.4 Å². The van der Waals surface area contributed by atoms with Gasteiger partial charge in [0.1, 0.15) is 6.54 Å². The maximum absolute atomic E-state index is 10.5. The minimum absolute atomic E-state index is 0.220. The van der Waals surface area contributed by atoms with Gasteiger partial charge in [0.15, 0.2) is 5.84 Å². The molecule has 0 amide bonds. The Morgan fingerprint density at radius 2 is 2.06 bits per heavy atom. The maximum atomic E-state index is 10.5. The molecule has 2 aliphatic rings. The van der Waals surface area contributed by atoms with Crippen LogP contribution in [0.5, 0.6) is 0 Å². The number of benzene rings is 1. The van der Waals surface area contributed by atoms with Gasteiger partial charge in [-0.05, 0) is 19.1 Å². The summed E-state index contributed by atoms with van der Waals surface area (Å²) in [5.74, 6) is -0.860. The molecule has 1 aromatic rings. The quantitative estimate of drug-likeness (QED) is 0.811. The molecule has 18 heavy (non-hydrogen) atoms. The lowest BCUT2D eigenvalue weighted by Crippen LogP contribution is -2.47. The van der Waals surface area contributed by atoms with E-state index in [2.05, 4.69) is 10.3 Å². The molecule has 1 N–H and O–H groups in total. The Morgan fingerprint density at radius 3 is 2.83 bits per heavy atom. The molecule has 0 aromatic heterocycles. The summed E-state index contributed by atoms with van der Waals surface area (Å²) in [5, 5.41) is 20.4. The maximum Gasteiger partial charge on any atom is 0.280 e. The van der Waals surface area contributed by atoms with E-state index >= 15 is 0 Å². The van der Waals surface area contributed by atoms with Crippen LogP contribution in [-0.4, -0.2) is 28.2 Å². The average Bonchev–Trinajstić information content (AvgIpc) is 2.39. The molecular formula is C13H13N3O2. The monoisotopic (exact) mass is 243 g/mol. The molecule has 5 nitrogen and oxygen atoms in total. The summed E-state index contributed by atoms with van der Waals surface area (Å²) >= 11 is 0. The number of aliphatic hydroxyl groups is 1. The van der Waals surface area contributed by atoms with Gasteiger partial charge in [0.2, 0.25) is 0 Å². The highest BCUT2D eigenvalue weighted by Gasteiger charge is 2.39. The molecule has 92 valence electrons. The van der Waals surface area contributed by atoms with E-state index in [9.17, 15) is 5.11 Å². The Balaban J connectivity index is 1.95. The van der Waals surface area contributed by atoms with Crippen LogP contribution in [0.25, 0.3) is 0 Å². The molecule has 3 rings (SSSR count). The number of oxime groups is 1. The number of amidine groups is 1. The second-order valence-corrected chi connectivity index (χ2v) is 4.32. The number of rotatable bonds is 1. The van der Waals surface area contributed by atoms with Gasteiger partial charge in [-0.2, -0.15) is 5.10 Å². The van der Waals surface area contributed by atoms with Crippen LogP contribution in [0.4, 0.5) is 0 Å². The highest BCUT2D eigenvalue weighted by Crippen LogP contribution is 2.28. The van der Waals surface area contributed by atoms with Crippen LogP contribution >= 0.6 is 0 Å². The molecule has 0 bridgehead atoms. The molecule has 0 radical (unpaired) electrons. The van der Waals surface area contributed by atoms with Crippen molar-refractivity contribution >= 4 is 11.5 Å². The summed E-state index contributed by atoms with van der Waals surface area (Å²) in [4.78, 5) is 5.24. The van der Waals surface area contributed by atoms with Crippen molar-refractivity contribution < 1.29 is 9.94 Å². The lowest BCUT2D eigenvalue weighted by atomic mass is 10.1. The van der Waals surface area contributed by atoms with Crippen molar-refractivity contribution in [3.8, 4) is 0 Å². The van der Waals surface area contributed by atoms with Crippen LogP contribution in [0.3, 0.4) is 0 Å². The molecular weight excluding hydrogens is 230 g/mol. The highest BCUT2D eigenvalue weighted by atomic mass is 16.7. The van der Waals surface area contributed by atoms with Crippen LogP contribution < -0.4 is 0 Å².